The van der Waals surface area contributed by atoms with E-state index in [1.807, 2.05) is 0 Å². The highest BCUT2D eigenvalue weighted by atomic mass is 16.6. The molecule has 6 nitrogen and oxygen atoms in total. The molecular formula is C54H100O6. The van der Waals surface area contributed by atoms with Crippen LogP contribution in [0.1, 0.15) is 284 Å². The van der Waals surface area contributed by atoms with Crippen LogP contribution in [-0.4, -0.2) is 37.2 Å². The van der Waals surface area contributed by atoms with Gasteiger partial charge in [-0.25, -0.2) is 0 Å². The molecule has 0 spiro atoms. The van der Waals surface area contributed by atoms with Gasteiger partial charge in [0, 0.05) is 19.3 Å². The Labute approximate surface area is 373 Å². The second kappa shape index (κ2) is 49.5. The molecule has 1 atom stereocenters. The van der Waals surface area contributed by atoms with Crippen molar-refractivity contribution < 1.29 is 28.6 Å². The number of allylic oxidation sites excluding steroid dienone is 4. The first-order chi connectivity index (χ1) is 29.5. The van der Waals surface area contributed by atoms with Gasteiger partial charge < -0.3 is 14.2 Å². The van der Waals surface area contributed by atoms with Gasteiger partial charge in [0.05, 0.1) is 0 Å². The van der Waals surface area contributed by atoms with E-state index in [0.29, 0.717) is 19.3 Å². The van der Waals surface area contributed by atoms with Crippen LogP contribution in [0.5, 0.6) is 0 Å². The second-order valence-corrected chi connectivity index (χ2v) is 17.8. The Bertz CT molecular complexity index is 973. The molecular weight excluding hydrogens is 745 g/mol. The Morgan fingerprint density at radius 3 is 0.867 bits per heavy atom. The molecule has 0 N–H and O–H groups in total. The molecule has 0 fully saturated rings. The zero-order valence-corrected chi connectivity index (χ0v) is 40.2. The predicted molar refractivity (Wildman–Crippen MR) is 256 cm³/mol. The van der Waals surface area contributed by atoms with Crippen molar-refractivity contribution in [3.8, 4) is 0 Å². The third-order valence-corrected chi connectivity index (χ3v) is 11.7. The van der Waals surface area contributed by atoms with Gasteiger partial charge in [0.2, 0.25) is 0 Å². The molecule has 0 bridgehead atoms. The second-order valence-electron chi connectivity index (χ2n) is 17.8. The van der Waals surface area contributed by atoms with E-state index in [-0.39, 0.29) is 31.1 Å². The van der Waals surface area contributed by atoms with Crippen molar-refractivity contribution in [2.24, 2.45) is 0 Å². The average Bonchev–Trinajstić information content (AvgIpc) is 3.24. The smallest absolute Gasteiger partial charge is 0.306 e. The van der Waals surface area contributed by atoms with Crippen molar-refractivity contribution in [2.45, 2.75) is 290 Å². The van der Waals surface area contributed by atoms with E-state index >= 15 is 0 Å². The van der Waals surface area contributed by atoms with Crippen molar-refractivity contribution in [1.29, 1.82) is 0 Å². The van der Waals surface area contributed by atoms with E-state index in [1.54, 1.807) is 0 Å². The number of hydrogen-bond acceptors (Lipinski definition) is 6. The molecule has 0 aromatic carbocycles. The Morgan fingerprint density at radius 2 is 0.550 bits per heavy atom. The van der Waals surface area contributed by atoms with Gasteiger partial charge in [0.1, 0.15) is 13.2 Å². The van der Waals surface area contributed by atoms with Crippen LogP contribution >= 0.6 is 0 Å². The van der Waals surface area contributed by atoms with Crippen molar-refractivity contribution in [2.75, 3.05) is 13.2 Å². The summed E-state index contributed by atoms with van der Waals surface area (Å²) in [5.74, 6) is -0.875. The number of ether oxygens (including phenoxy) is 3. The molecule has 0 amide bonds. The average molecular weight is 845 g/mol. The molecule has 352 valence electrons. The fourth-order valence-electron chi connectivity index (χ4n) is 7.67. The highest BCUT2D eigenvalue weighted by molar-refractivity contribution is 5.71. The summed E-state index contributed by atoms with van der Waals surface area (Å²) in [6.07, 6.45) is 55.9. The minimum Gasteiger partial charge on any atom is -0.462 e. The molecule has 1 unspecified atom stereocenters. The van der Waals surface area contributed by atoms with Crippen molar-refractivity contribution >= 4 is 17.9 Å². The lowest BCUT2D eigenvalue weighted by Gasteiger charge is -2.18. The Hall–Kier alpha value is -2.11. The third kappa shape index (κ3) is 46.9. The summed E-state index contributed by atoms with van der Waals surface area (Å²) < 4.78 is 16.8. The maximum absolute atomic E-state index is 12.8. The highest BCUT2D eigenvalue weighted by Gasteiger charge is 2.19. The molecule has 0 aliphatic rings. The monoisotopic (exact) mass is 845 g/mol. The minimum absolute atomic E-state index is 0.0725. The summed E-state index contributed by atoms with van der Waals surface area (Å²) in [5.41, 5.74) is 0. The maximum atomic E-state index is 12.8. The van der Waals surface area contributed by atoms with Gasteiger partial charge in [0.25, 0.3) is 0 Å². The first-order valence-corrected chi connectivity index (χ1v) is 26.3. The van der Waals surface area contributed by atoms with Gasteiger partial charge in [-0.15, -0.1) is 0 Å². The van der Waals surface area contributed by atoms with Crippen LogP contribution in [0.2, 0.25) is 0 Å². The van der Waals surface area contributed by atoms with E-state index in [0.717, 1.165) is 64.2 Å². The maximum Gasteiger partial charge on any atom is 0.306 e. The van der Waals surface area contributed by atoms with Gasteiger partial charge in [-0.1, -0.05) is 218 Å². The minimum atomic E-state index is -0.771. The summed E-state index contributed by atoms with van der Waals surface area (Å²) in [4.78, 5) is 37.9. The Balaban J connectivity index is 4.29. The van der Waals surface area contributed by atoms with Crippen molar-refractivity contribution in [1.82, 2.24) is 0 Å². The number of rotatable bonds is 48. The summed E-state index contributed by atoms with van der Waals surface area (Å²) in [6, 6.07) is 0. The van der Waals surface area contributed by atoms with E-state index in [1.165, 1.54) is 180 Å². The zero-order chi connectivity index (χ0) is 43.7. The topological polar surface area (TPSA) is 78.9 Å². The van der Waals surface area contributed by atoms with Crippen LogP contribution in [-0.2, 0) is 28.6 Å². The molecule has 0 heterocycles. The summed E-state index contributed by atoms with van der Waals surface area (Å²) in [7, 11) is 0. The van der Waals surface area contributed by atoms with Crippen LogP contribution in [0, 0.1) is 0 Å². The molecule has 60 heavy (non-hydrogen) atoms. The largest absolute Gasteiger partial charge is 0.462 e. The lowest BCUT2D eigenvalue weighted by molar-refractivity contribution is -0.167. The molecule has 0 radical (unpaired) electrons. The third-order valence-electron chi connectivity index (χ3n) is 11.7. The lowest BCUT2D eigenvalue weighted by atomic mass is 10.1. The number of esters is 3. The zero-order valence-electron chi connectivity index (χ0n) is 40.2. The summed E-state index contributed by atoms with van der Waals surface area (Å²) in [5, 5.41) is 0. The van der Waals surface area contributed by atoms with Crippen LogP contribution < -0.4 is 0 Å². The number of carbonyl (C=O) groups is 3. The molecule has 6 heteroatoms. The van der Waals surface area contributed by atoms with Crippen LogP contribution in [0.3, 0.4) is 0 Å². The predicted octanol–water partition coefficient (Wildman–Crippen LogP) is 17.2. The van der Waals surface area contributed by atoms with E-state index < -0.39 is 6.10 Å². The quantitative estimate of drug-likeness (QED) is 0.0263. The highest BCUT2D eigenvalue weighted by Crippen LogP contribution is 2.15. The van der Waals surface area contributed by atoms with Gasteiger partial charge in [-0.05, 0) is 70.6 Å². The first-order valence-electron chi connectivity index (χ1n) is 26.3. The molecule has 0 saturated heterocycles. The standard InChI is InChI=1S/C54H100O6/c1-4-7-10-13-16-19-22-24-25-26-27-28-29-30-33-35-38-41-44-47-53(56)59-50-51(49-58-52(55)46-43-40-37-34-31-21-18-15-12-9-6-3)60-54(57)48-45-42-39-36-32-23-20-17-14-11-8-5-2/h17,20,26-27,51H,4-16,18-19,21-25,28-50H2,1-3H3/b20-17-,27-26-. The fourth-order valence-corrected chi connectivity index (χ4v) is 7.67. The SMILES string of the molecule is CCCCC/C=C\CCCCCCCC(=O)OC(COC(=O)CCCCCCCCC/C=C\CCCCCCCCCC)COC(=O)CCCCCCCCCCCCC. The van der Waals surface area contributed by atoms with Gasteiger partial charge in [-0.2, -0.15) is 0 Å². The number of hydrogen-bond donors (Lipinski definition) is 0. The fraction of sp³-hybridized carbons (Fsp3) is 0.870. The van der Waals surface area contributed by atoms with Crippen LogP contribution in [0.15, 0.2) is 24.3 Å². The molecule has 0 aromatic heterocycles. The van der Waals surface area contributed by atoms with Crippen molar-refractivity contribution in [3.63, 3.8) is 0 Å². The van der Waals surface area contributed by atoms with E-state index in [2.05, 4.69) is 45.1 Å². The number of carbonyl (C=O) groups excluding carboxylic acids is 3. The lowest BCUT2D eigenvalue weighted by Crippen LogP contribution is -2.30. The molecule has 0 saturated carbocycles. The summed E-state index contributed by atoms with van der Waals surface area (Å²) >= 11 is 0. The van der Waals surface area contributed by atoms with Gasteiger partial charge in [-0.3, -0.25) is 14.4 Å². The van der Waals surface area contributed by atoms with Crippen LogP contribution in [0.25, 0.3) is 0 Å². The van der Waals surface area contributed by atoms with Gasteiger partial charge in [0.15, 0.2) is 6.10 Å². The molecule has 0 aliphatic carbocycles. The molecule has 0 aromatic rings. The van der Waals surface area contributed by atoms with E-state index in [4.69, 9.17) is 14.2 Å². The Morgan fingerprint density at radius 1 is 0.317 bits per heavy atom. The normalized spacial score (nSPS) is 12.1. The Kier molecular flexibility index (Phi) is 47.8. The molecule has 0 rings (SSSR count). The molecule has 0 aliphatic heterocycles. The van der Waals surface area contributed by atoms with Gasteiger partial charge >= 0.3 is 17.9 Å². The first kappa shape index (κ1) is 57.9. The van der Waals surface area contributed by atoms with E-state index in [9.17, 15) is 14.4 Å². The van der Waals surface area contributed by atoms with Crippen molar-refractivity contribution in [3.05, 3.63) is 24.3 Å². The summed E-state index contributed by atoms with van der Waals surface area (Å²) in [6.45, 7) is 6.62. The number of unbranched alkanes of at least 4 members (excludes halogenated alkanes) is 33. The van der Waals surface area contributed by atoms with Crippen LogP contribution in [0.4, 0.5) is 0 Å².